The van der Waals surface area contributed by atoms with Crippen molar-refractivity contribution in [2.75, 3.05) is 24.1 Å². The lowest BCUT2D eigenvalue weighted by Gasteiger charge is -2.30. The van der Waals surface area contributed by atoms with Crippen molar-refractivity contribution in [3.63, 3.8) is 0 Å². The van der Waals surface area contributed by atoms with Crippen LogP contribution in [0.2, 0.25) is 0 Å². The highest BCUT2D eigenvalue weighted by Gasteiger charge is 2.34. The number of hydrogen-bond donors (Lipinski definition) is 1. The Labute approximate surface area is 119 Å². The number of anilines is 1. The molecule has 0 saturated carbocycles. The summed E-state index contributed by atoms with van der Waals surface area (Å²) in [5, 5.41) is -0.716. The van der Waals surface area contributed by atoms with Gasteiger partial charge in [-0.05, 0) is 25.0 Å². The maximum absolute atomic E-state index is 12.3. The fourth-order valence-electron chi connectivity index (χ4n) is 2.21. The SMILES string of the molecule is CS(=O)(=O)N1CCCC(S(=O)(=O)Nc2ccccc2)C1. The summed E-state index contributed by atoms with van der Waals surface area (Å²) in [6, 6.07) is 8.59. The first-order valence-corrected chi connectivity index (χ1v) is 9.70. The van der Waals surface area contributed by atoms with Crippen LogP contribution in [0.25, 0.3) is 0 Å². The fourth-order valence-corrected chi connectivity index (χ4v) is 4.70. The van der Waals surface area contributed by atoms with E-state index in [0.717, 1.165) is 6.26 Å². The molecule has 1 unspecified atom stereocenters. The van der Waals surface area contributed by atoms with Crippen LogP contribution in [0.15, 0.2) is 30.3 Å². The molecule has 0 aliphatic carbocycles. The third-order valence-electron chi connectivity index (χ3n) is 3.28. The van der Waals surface area contributed by atoms with Gasteiger partial charge < -0.3 is 0 Å². The minimum absolute atomic E-state index is 0.0149. The largest absolute Gasteiger partial charge is 0.283 e. The molecular weight excluding hydrogens is 300 g/mol. The van der Waals surface area contributed by atoms with Crippen LogP contribution in [-0.4, -0.2) is 45.7 Å². The minimum atomic E-state index is -3.59. The van der Waals surface area contributed by atoms with Crippen molar-refractivity contribution in [3.8, 4) is 0 Å². The predicted octanol–water partition coefficient (Wildman–Crippen LogP) is 0.852. The summed E-state index contributed by atoms with van der Waals surface area (Å²) < 4.78 is 51.4. The summed E-state index contributed by atoms with van der Waals surface area (Å²) >= 11 is 0. The molecular formula is C12H18N2O4S2. The summed E-state index contributed by atoms with van der Waals surface area (Å²) in [6.07, 6.45) is 2.12. The number of nitrogens with one attached hydrogen (secondary N) is 1. The van der Waals surface area contributed by atoms with Crippen molar-refractivity contribution in [1.82, 2.24) is 4.31 Å². The van der Waals surface area contributed by atoms with Gasteiger partial charge in [-0.3, -0.25) is 4.72 Å². The van der Waals surface area contributed by atoms with Gasteiger partial charge in [0.15, 0.2) is 0 Å². The van der Waals surface area contributed by atoms with E-state index in [-0.39, 0.29) is 6.54 Å². The lowest BCUT2D eigenvalue weighted by atomic mass is 10.2. The van der Waals surface area contributed by atoms with Gasteiger partial charge in [-0.1, -0.05) is 18.2 Å². The zero-order valence-electron chi connectivity index (χ0n) is 11.2. The van der Waals surface area contributed by atoms with E-state index in [1.165, 1.54) is 4.31 Å². The van der Waals surface area contributed by atoms with Gasteiger partial charge in [-0.15, -0.1) is 0 Å². The average Bonchev–Trinajstić information content (AvgIpc) is 2.38. The lowest BCUT2D eigenvalue weighted by molar-refractivity contribution is 0.349. The van der Waals surface area contributed by atoms with E-state index in [4.69, 9.17) is 0 Å². The second kappa shape index (κ2) is 5.71. The van der Waals surface area contributed by atoms with Crippen LogP contribution in [0, 0.1) is 0 Å². The molecule has 0 bridgehead atoms. The van der Waals surface area contributed by atoms with E-state index in [1.807, 2.05) is 0 Å². The smallest absolute Gasteiger partial charge is 0.236 e. The van der Waals surface area contributed by atoms with E-state index in [2.05, 4.69) is 4.72 Å². The van der Waals surface area contributed by atoms with Crippen LogP contribution >= 0.6 is 0 Å². The summed E-state index contributed by atoms with van der Waals surface area (Å²) in [5.41, 5.74) is 0.490. The number of rotatable bonds is 4. The molecule has 1 aromatic carbocycles. The number of benzene rings is 1. The van der Waals surface area contributed by atoms with Crippen LogP contribution in [0.3, 0.4) is 0 Å². The molecule has 1 fully saturated rings. The zero-order chi connectivity index (χ0) is 14.8. The highest BCUT2D eigenvalue weighted by Crippen LogP contribution is 2.21. The van der Waals surface area contributed by atoms with Crippen molar-refractivity contribution in [1.29, 1.82) is 0 Å². The van der Waals surface area contributed by atoms with Crippen LogP contribution in [0.1, 0.15) is 12.8 Å². The normalized spacial score (nSPS) is 21.6. The average molecular weight is 318 g/mol. The van der Waals surface area contributed by atoms with Gasteiger partial charge in [-0.2, -0.15) is 0 Å². The lowest BCUT2D eigenvalue weighted by Crippen LogP contribution is -2.46. The van der Waals surface area contributed by atoms with Gasteiger partial charge in [0.2, 0.25) is 20.0 Å². The van der Waals surface area contributed by atoms with Gasteiger partial charge in [0.25, 0.3) is 0 Å². The monoisotopic (exact) mass is 318 g/mol. The van der Waals surface area contributed by atoms with Crippen molar-refractivity contribution < 1.29 is 16.8 Å². The zero-order valence-corrected chi connectivity index (χ0v) is 12.8. The number of hydrogen-bond acceptors (Lipinski definition) is 4. The molecule has 2 rings (SSSR count). The number of sulfonamides is 2. The third-order valence-corrected chi connectivity index (χ3v) is 6.33. The predicted molar refractivity (Wildman–Crippen MR) is 78.4 cm³/mol. The summed E-state index contributed by atoms with van der Waals surface area (Å²) in [7, 11) is -6.94. The molecule has 0 amide bonds. The Morgan fingerprint density at radius 3 is 2.40 bits per heavy atom. The Morgan fingerprint density at radius 1 is 1.15 bits per heavy atom. The van der Waals surface area contributed by atoms with Gasteiger partial charge in [0.05, 0.1) is 11.5 Å². The molecule has 1 N–H and O–H groups in total. The van der Waals surface area contributed by atoms with E-state index in [0.29, 0.717) is 25.1 Å². The van der Waals surface area contributed by atoms with Crippen LogP contribution in [-0.2, 0) is 20.0 Å². The minimum Gasteiger partial charge on any atom is -0.283 e. The fraction of sp³-hybridized carbons (Fsp3) is 0.500. The van der Waals surface area contributed by atoms with E-state index in [9.17, 15) is 16.8 Å². The first-order valence-electron chi connectivity index (χ1n) is 6.31. The molecule has 0 spiro atoms. The molecule has 1 aliphatic heterocycles. The molecule has 0 radical (unpaired) electrons. The molecule has 1 aromatic rings. The Kier molecular flexibility index (Phi) is 4.36. The highest BCUT2D eigenvalue weighted by molar-refractivity contribution is 7.93. The Balaban J connectivity index is 2.14. The topological polar surface area (TPSA) is 83.6 Å². The molecule has 1 saturated heterocycles. The Bertz CT molecular complexity index is 656. The maximum Gasteiger partial charge on any atom is 0.236 e. The van der Waals surface area contributed by atoms with Crippen molar-refractivity contribution in [2.24, 2.45) is 0 Å². The number of nitrogens with zero attached hydrogens (tertiary/aromatic N) is 1. The van der Waals surface area contributed by atoms with E-state index >= 15 is 0 Å². The third kappa shape index (κ3) is 3.71. The standard InChI is InChI=1S/C12H18N2O4S2/c1-19(15,16)14-9-5-8-12(10-14)20(17,18)13-11-6-3-2-4-7-11/h2-4,6-7,12-13H,5,8-10H2,1H3. The van der Waals surface area contributed by atoms with Crippen molar-refractivity contribution >= 4 is 25.7 Å². The summed E-state index contributed by atoms with van der Waals surface area (Å²) in [4.78, 5) is 0. The molecule has 112 valence electrons. The Morgan fingerprint density at radius 2 is 1.80 bits per heavy atom. The van der Waals surface area contributed by atoms with Crippen LogP contribution in [0.4, 0.5) is 5.69 Å². The summed E-state index contributed by atoms with van der Waals surface area (Å²) in [5.74, 6) is 0. The van der Waals surface area contributed by atoms with Crippen LogP contribution in [0.5, 0.6) is 0 Å². The number of piperidine rings is 1. The molecule has 8 heteroatoms. The molecule has 1 atom stereocenters. The Hall–Kier alpha value is -1.12. The second-order valence-corrected chi connectivity index (χ2v) is 8.84. The van der Waals surface area contributed by atoms with Crippen LogP contribution < -0.4 is 4.72 Å². The second-order valence-electron chi connectivity index (χ2n) is 4.90. The van der Waals surface area contributed by atoms with Crippen molar-refractivity contribution in [3.05, 3.63) is 30.3 Å². The van der Waals surface area contributed by atoms with Gasteiger partial charge in [0, 0.05) is 18.8 Å². The quantitative estimate of drug-likeness (QED) is 0.892. The molecule has 6 nitrogen and oxygen atoms in total. The highest BCUT2D eigenvalue weighted by atomic mass is 32.2. The molecule has 1 aliphatic rings. The van der Waals surface area contributed by atoms with Gasteiger partial charge >= 0.3 is 0 Å². The number of para-hydroxylation sites is 1. The molecule has 0 aromatic heterocycles. The first kappa shape index (κ1) is 15.3. The first-order chi connectivity index (χ1) is 9.29. The van der Waals surface area contributed by atoms with Crippen molar-refractivity contribution in [2.45, 2.75) is 18.1 Å². The van der Waals surface area contributed by atoms with E-state index in [1.54, 1.807) is 30.3 Å². The maximum atomic E-state index is 12.3. The molecule has 20 heavy (non-hydrogen) atoms. The summed E-state index contributed by atoms with van der Waals surface area (Å²) in [6.45, 7) is 0.400. The van der Waals surface area contributed by atoms with Gasteiger partial charge in [0.1, 0.15) is 0 Å². The van der Waals surface area contributed by atoms with E-state index < -0.39 is 25.3 Å². The van der Waals surface area contributed by atoms with Gasteiger partial charge in [-0.25, -0.2) is 21.1 Å². The molecule has 1 heterocycles.